The minimum absolute atomic E-state index is 0.149. The van der Waals surface area contributed by atoms with E-state index in [1.165, 1.54) is 13.2 Å². The van der Waals surface area contributed by atoms with Crippen molar-refractivity contribution in [3.8, 4) is 23.3 Å². The molecule has 516 valence electrons. The molecular weight excluding hydrogens is 1270 g/mol. The maximum absolute atomic E-state index is 14.1. The summed E-state index contributed by atoms with van der Waals surface area (Å²) >= 11 is 1.59. The lowest BCUT2D eigenvalue weighted by Gasteiger charge is -2.34. The number of allylic oxidation sites excluding steroid dienone is 2. The summed E-state index contributed by atoms with van der Waals surface area (Å²) in [5, 5.41) is 30.4. The van der Waals surface area contributed by atoms with E-state index in [1.807, 2.05) is 57.2 Å². The van der Waals surface area contributed by atoms with Crippen molar-refractivity contribution in [3.05, 3.63) is 118 Å². The number of rotatable bonds is 34. The predicted molar refractivity (Wildman–Crippen MR) is 377 cm³/mol. The fourth-order valence-electron chi connectivity index (χ4n) is 11.6. The van der Waals surface area contributed by atoms with Crippen molar-refractivity contribution in [3.63, 3.8) is 0 Å². The smallest absolute Gasteiger partial charge is 0.296 e. The zero-order chi connectivity index (χ0) is 69.2. The predicted octanol–water partition coefficient (Wildman–Crippen LogP) is 6.36. The number of imidazole rings is 2. The van der Waals surface area contributed by atoms with Crippen molar-refractivity contribution in [2.24, 2.45) is 17.2 Å². The second-order valence-corrected chi connectivity index (χ2v) is 24.8. The molecule has 0 aliphatic carbocycles. The van der Waals surface area contributed by atoms with Gasteiger partial charge in [-0.15, -0.1) is 5.10 Å². The van der Waals surface area contributed by atoms with E-state index in [9.17, 15) is 24.0 Å². The Balaban J connectivity index is 0.701. The fourth-order valence-corrected chi connectivity index (χ4v) is 12.3. The van der Waals surface area contributed by atoms with E-state index in [4.69, 9.17) is 41.6 Å². The summed E-state index contributed by atoms with van der Waals surface area (Å²) in [6.07, 6.45) is 10.6. The lowest BCUT2D eigenvalue weighted by molar-refractivity contribution is -0.115. The average Bonchev–Trinajstić information content (AvgIpc) is 1.60. The van der Waals surface area contributed by atoms with Gasteiger partial charge in [0.15, 0.2) is 22.1 Å². The number of hydrogen-bond acceptors (Lipinski definition) is 20. The fraction of sp³-hybridized carbons (Fsp3) is 0.426. The number of primary amides is 2. The number of nitrogens with one attached hydrogen (secondary N) is 4. The first-order valence-electron chi connectivity index (χ1n) is 33.3. The van der Waals surface area contributed by atoms with E-state index < -0.39 is 23.6 Å². The SMILES string of the molecule is CCCSc1nc(NCCN)c2nnn(Cc3ccc(C#CC(=O)NCCCCCCCN4CCN(CCCOc5cc(C(N)=O)cc6nc(NC(=O)c7cc(C)nn7CC)n(C/C=C/Cn7c(NC(=O)c8cc(C)nn8CC)nc8cc(C(N)=O)cc(OC)c87)c56)CC4)cc3)c2n1. The van der Waals surface area contributed by atoms with Gasteiger partial charge in [0.25, 0.3) is 17.7 Å². The Bertz CT molecular complexity index is 4410. The molecule has 1 aliphatic heterocycles. The van der Waals surface area contributed by atoms with Crippen molar-refractivity contribution in [2.75, 3.05) is 94.3 Å². The molecule has 0 bridgehead atoms. The van der Waals surface area contributed by atoms with Crippen LogP contribution in [0.1, 0.15) is 130 Å². The number of carbonyl (C=O) groups is 5. The van der Waals surface area contributed by atoms with Gasteiger partial charge in [0, 0.05) is 107 Å². The van der Waals surface area contributed by atoms with Gasteiger partial charge in [0.05, 0.1) is 42.7 Å². The molecular formula is C68H86N22O7S. The van der Waals surface area contributed by atoms with Gasteiger partial charge < -0.3 is 56.2 Å². The Morgan fingerprint density at radius 2 is 1.24 bits per heavy atom. The van der Waals surface area contributed by atoms with E-state index >= 15 is 0 Å². The van der Waals surface area contributed by atoms with Crippen LogP contribution in [0.15, 0.2) is 78.0 Å². The van der Waals surface area contributed by atoms with Gasteiger partial charge in [0.1, 0.15) is 33.9 Å². The minimum atomic E-state index is -0.675. The molecule has 10 rings (SSSR count). The van der Waals surface area contributed by atoms with Crippen LogP contribution in [-0.4, -0.2) is 181 Å². The number of aryl methyl sites for hydroxylation is 4. The highest BCUT2D eigenvalue weighted by Crippen LogP contribution is 2.34. The number of hydrogen-bond donors (Lipinski definition) is 7. The summed E-state index contributed by atoms with van der Waals surface area (Å²) in [7, 11) is 1.47. The number of amides is 5. The van der Waals surface area contributed by atoms with E-state index in [-0.39, 0.29) is 42.0 Å². The van der Waals surface area contributed by atoms with Gasteiger partial charge in [-0.05, 0) is 114 Å². The summed E-state index contributed by atoms with van der Waals surface area (Å²) < 4.78 is 20.8. The number of nitrogens with two attached hydrogens (primary N) is 3. The maximum Gasteiger partial charge on any atom is 0.296 e. The number of thioether (sulfide) groups is 1. The third kappa shape index (κ3) is 17.7. The van der Waals surface area contributed by atoms with Crippen LogP contribution < -0.4 is 47.9 Å². The van der Waals surface area contributed by atoms with Gasteiger partial charge in [-0.25, -0.2) is 24.6 Å². The van der Waals surface area contributed by atoms with Crippen LogP contribution in [0.25, 0.3) is 33.2 Å². The highest BCUT2D eigenvalue weighted by Gasteiger charge is 2.25. The number of fused-ring (bicyclic) bond motifs is 3. The molecule has 1 fully saturated rings. The Morgan fingerprint density at radius 1 is 0.673 bits per heavy atom. The quantitative estimate of drug-likeness (QED) is 0.00758. The summed E-state index contributed by atoms with van der Waals surface area (Å²) in [5.41, 5.74) is 24.5. The van der Waals surface area contributed by atoms with Crippen molar-refractivity contribution < 1.29 is 33.4 Å². The van der Waals surface area contributed by atoms with Gasteiger partial charge in [-0.1, -0.05) is 73.4 Å². The number of carbonyl (C=O) groups excluding carboxylic acids is 5. The monoisotopic (exact) mass is 1350 g/mol. The van der Waals surface area contributed by atoms with Crippen molar-refractivity contribution in [1.29, 1.82) is 0 Å². The number of methoxy groups -OCH3 is 1. The summed E-state index contributed by atoms with van der Waals surface area (Å²) in [5.74, 6) is 5.75. The molecule has 0 radical (unpaired) electrons. The number of piperazine rings is 1. The molecule has 30 heteroatoms. The normalized spacial score (nSPS) is 12.8. The molecule has 7 heterocycles. The van der Waals surface area contributed by atoms with Gasteiger partial charge in [-0.3, -0.25) is 44.0 Å². The van der Waals surface area contributed by atoms with Crippen LogP contribution >= 0.6 is 11.8 Å². The maximum atomic E-state index is 14.1. The highest BCUT2D eigenvalue weighted by atomic mass is 32.2. The van der Waals surface area contributed by atoms with Crippen LogP contribution in [0, 0.1) is 25.7 Å². The molecule has 98 heavy (non-hydrogen) atoms. The summed E-state index contributed by atoms with van der Waals surface area (Å²) in [4.78, 5) is 89.7. The molecule has 0 unspecified atom stereocenters. The van der Waals surface area contributed by atoms with Crippen molar-refractivity contribution in [2.45, 2.75) is 117 Å². The lowest BCUT2D eigenvalue weighted by atomic mass is 10.1. The third-order valence-electron chi connectivity index (χ3n) is 16.6. The largest absolute Gasteiger partial charge is 0.494 e. The van der Waals surface area contributed by atoms with Crippen LogP contribution in [0.2, 0.25) is 0 Å². The number of ether oxygens (including phenoxy) is 2. The van der Waals surface area contributed by atoms with Crippen molar-refractivity contribution in [1.82, 2.24) is 78.7 Å². The Hall–Kier alpha value is -10.2. The van der Waals surface area contributed by atoms with Crippen LogP contribution in [0.3, 0.4) is 0 Å². The Morgan fingerprint density at radius 3 is 1.82 bits per heavy atom. The number of benzene rings is 3. The molecule has 5 amide bonds. The number of unbranched alkanes of at least 4 members (excludes halogenated alkanes) is 4. The molecule has 9 aromatic rings. The molecule has 1 aliphatic rings. The first kappa shape index (κ1) is 70.6. The molecule has 0 saturated carbocycles. The van der Waals surface area contributed by atoms with E-state index in [1.54, 1.807) is 72.2 Å². The van der Waals surface area contributed by atoms with Crippen molar-refractivity contribution >= 4 is 92.2 Å². The number of nitrogens with zero attached hydrogens (tertiary/aromatic N) is 15. The zero-order valence-electron chi connectivity index (χ0n) is 56.4. The Kier molecular flexibility index (Phi) is 24.2. The number of anilines is 3. The van der Waals surface area contributed by atoms with Crippen LogP contribution in [-0.2, 0) is 37.5 Å². The molecule has 6 aromatic heterocycles. The van der Waals surface area contributed by atoms with Crippen LogP contribution in [0.4, 0.5) is 17.7 Å². The second-order valence-electron chi connectivity index (χ2n) is 23.8. The molecule has 10 N–H and O–H groups in total. The third-order valence-corrected chi connectivity index (χ3v) is 17.6. The molecule has 0 atom stereocenters. The highest BCUT2D eigenvalue weighted by molar-refractivity contribution is 7.99. The first-order chi connectivity index (χ1) is 47.5. The molecule has 3 aromatic carbocycles. The summed E-state index contributed by atoms with van der Waals surface area (Å²) in [6, 6.07) is 17.4. The topological polar surface area (TPSA) is 364 Å². The number of aromatic nitrogens is 13. The van der Waals surface area contributed by atoms with Crippen LogP contribution in [0.5, 0.6) is 11.5 Å². The zero-order valence-corrected chi connectivity index (χ0v) is 57.2. The standard InChI is InChI=1S/C68H86N22O7S/c1-7-36-98-68-76-62(73-26-24-69)57-63(77-68)90(83-80-57)43-47-20-18-46(19-21-47)22-23-56(91)72-25-13-11-10-12-14-27-84-31-33-85(34-32-84)28-17-35-97-55-42-49(61(71)93)40-51-59(55)87(67(75-51)79-65(95)53-38-45(5)82-89(53)9-3)30-16-15-29-86-58-50(39-48(60(70)92)41-54(58)96-6)74-66(86)78-64(94)52-37-44(4)81-88(52)8-2/h15-16,18-21,37-42H,7-14,17,24-36,43,69H2,1-6H3,(H2,70,92)(H2,71,93)(H,72,91)(H,73,76,77)(H,74,78,94)(H,75,79,95)/b16-15+. The van der Waals surface area contributed by atoms with E-state index in [2.05, 4.69) is 75.3 Å². The van der Waals surface area contributed by atoms with Gasteiger partial charge in [-0.2, -0.15) is 10.2 Å². The molecule has 29 nitrogen and oxygen atoms in total. The van der Waals surface area contributed by atoms with Gasteiger partial charge >= 0.3 is 0 Å². The first-order valence-corrected chi connectivity index (χ1v) is 34.3. The summed E-state index contributed by atoms with van der Waals surface area (Å²) in [6.45, 7) is 18.7. The average molecular weight is 1360 g/mol. The van der Waals surface area contributed by atoms with E-state index in [0.717, 1.165) is 94.7 Å². The van der Waals surface area contributed by atoms with Gasteiger partial charge in [0.2, 0.25) is 23.7 Å². The lowest BCUT2D eigenvalue weighted by Crippen LogP contribution is -2.46. The van der Waals surface area contributed by atoms with E-state index in [0.29, 0.717) is 131 Å². The Labute approximate surface area is 572 Å². The minimum Gasteiger partial charge on any atom is -0.494 e. The second kappa shape index (κ2) is 33.6. The molecule has 1 saturated heterocycles. The molecule has 0 spiro atoms.